The molecule has 1 aromatic rings. The van der Waals surface area contributed by atoms with Crippen molar-refractivity contribution < 1.29 is 18.9 Å². The quantitative estimate of drug-likeness (QED) is 0.572. The highest BCUT2D eigenvalue weighted by molar-refractivity contribution is 14.1. The lowest BCUT2D eigenvalue weighted by Gasteiger charge is -2.26. The van der Waals surface area contributed by atoms with Gasteiger partial charge in [-0.2, -0.15) is 0 Å². The van der Waals surface area contributed by atoms with Crippen molar-refractivity contribution >= 4 is 22.6 Å². The molecule has 5 heteroatoms. The molecule has 0 aliphatic carbocycles. The zero-order chi connectivity index (χ0) is 14.9. The smallest absolute Gasteiger partial charge is 0.163 e. The zero-order valence-corrected chi connectivity index (χ0v) is 14.5. The monoisotopic (exact) mass is 404 g/mol. The average molecular weight is 404 g/mol. The van der Waals surface area contributed by atoms with Crippen LogP contribution in [0.2, 0.25) is 0 Å². The van der Waals surface area contributed by atoms with E-state index in [1.165, 1.54) is 5.56 Å². The van der Waals surface area contributed by atoms with Crippen molar-refractivity contribution in [3.63, 3.8) is 0 Å². The highest BCUT2D eigenvalue weighted by atomic mass is 127. The Labute approximate surface area is 139 Å². The van der Waals surface area contributed by atoms with E-state index in [4.69, 9.17) is 18.9 Å². The number of halogens is 1. The number of ether oxygens (including phenoxy) is 4. The Hall–Kier alpha value is -0.210. The summed E-state index contributed by atoms with van der Waals surface area (Å²) in [7, 11) is 0. The molecule has 1 aromatic carbocycles. The predicted octanol–water partition coefficient (Wildman–Crippen LogP) is 2.93. The Kier molecular flexibility index (Phi) is 4.85. The lowest BCUT2D eigenvalue weighted by molar-refractivity contribution is -0.161. The highest BCUT2D eigenvalue weighted by Gasteiger charge is 2.47. The van der Waals surface area contributed by atoms with Crippen molar-refractivity contribution in [2.24, 2.45) is 0 Å². The van der Waals surface area contributed by atoms with Gasteiger partial charge in [-0.15, -0.1) is 0 Å². The van der Waals surface area contributed by atoms with E-state index >= 15 is 0 Å². The van der Waals surface area contributed by atoms with Crippen molar-refractivity contribution in [3.8, 4) is 0 Å². The van der Waals surface area contributed by atoms with Gasteiger partial charge in [0.25, 0.3) is 0 Å². The summed E-state index contributed by atoms with van der Waals surface area (Å²) in [6.07, 6.45) is -0.0776. The second-order valence-electron chi connectivity index (χ2n) is 5.94. The van der Waals surface area contributed by atoms with E-state index in [1.807, 2.05) is 32.0 Å². The van der Waals surface area contributed by atoms with E-state index in [9.17, 15) is 0 Å². The van der Waals surface area contributed by atoms with Crippen LogP contribution in [0.25, 0.3) is 0 Å². The molecule has 2 fully saturated rings. The molecule has 2 aliphatic rings. The van der Waals surface area contributed by atoms with Gasteiger partial charge in [-0.25, -0.2) is 0 Å². The molecule has 2 aliphatic heterocycles. The maximum absolute atomic E-state index is 6.13. The van der Waals surface area contributed by atoms with Crippen molar-refractivity contribution in [3.05, 3.63) is 35.9 Å². The van der Waals surface area contributed by atoms with E-state index in [0.717, 1.165) is 0 Å². The Bertz CT molecular complexity index is 465. The summed E-state index contributed by atoms with van der Waals surface area (Å²) in [5, 5.41) is 0. The van der Waals surface area contributed by atoms with Gasteiger partial charge in [0.2, 0.25) is 0 Å². The van der Waals surface area contributed by atoms with Crippen molar-refractivity contribution in [1.82, 2.24) is 0 Å². The molecule has 0 saturated carbocycles. The van der Waals surface area contributed by atoms with Crippen LogP contribution in [0, 0.1) is 0 Å². The normalized spacial score (nSPS) is 35.2. The average Bonchev–Trinajstić information content (AvgIpc) is 3.00. The van der Waals surface area contributed by atoms with Crippen LogP contribution in [0.1, 0.15) is 19.4 Å². The molecular formula is C16H21IO4. The molecule has 116 valence electrons. The third-order valence-corrected chi connectivity index (χ3v) is 4.88. The molecule has 4 atom stereocenters. The standard InChI is InChI=1S/C16H21IO4/c1-16(2)20-10-13(21-16)15-14(12(17)9-19-15)18-8-11-6-4-3-5-7-11/h3-7,12-15H,8-10H2,1-2H3/t12-,13-,14+,15-/m0/s1. The van der Waals surface area contributed by atoms with Crippen molar-refractivity contribution in [2.45, 2.75) is 48.5 Å². The molecule has 2 heterocycles. The third kappa shape index (κ3) is 3.76. The van der Waals surface area contributed by atoms with Gasteiger partial charge < -0.3 is 18.9 Å². The Morgan fingerprint density at radius 2 is 2.00 bits per heavy atom. The van der Waals surface area contributed by atoms with Gasteiger partial charge in [-0.3, -0.25) is 0 Å². The SMILES string of the molecule is CC1(C)OC[C@@H]([C@@H]2OC[C@H](I)[C@H]2OCc2ccccc2)O1. The van der Waals surface area contributed by atoms with Gasteiger partial charge in [0, 0.05) is 0 Å². The van der Waals surface area contributed by atoms with E-state index in [-0.39, 0.29) is 18.3 Å². The molecule has 0 N–H and O–H groups in total. The first-order valence-electron chi connectivity index (χ1n) is 7.28. The fourth-order valence-corrected chi connectivity index (χ4v) is 3.59. The number of hydrogen-bond acceptors (Lipinski definition) is 4. The van der Waals surface area contributed by atoms with Crippen molar-refractivity contribution in [1.29, 1.82) is 0 Å². The number of benzene rings is 1. The Morgan fingerprint density at radius 3 is 2.67 bits per heavy atom. The first-order valence-corrected chi connectivity index (χ1v) is 8.53. The van der Waals surface area contributed by atoms with E-state index in [0.29, 0.717) is 23.7 Å². The molecule has 0 spiro atoms. The van der Waals surface area contributed by atoms with Crippen LogP contribution < -0.4 is 0 Å². The van der Waals surface area contributed by atoms with E-state index in [2.05, 4.69) is 34.7 Å². The zero-order valence-electron chi connectivity index (χ0n) is 12.3. The Morgan fingerprint density at radius 1 is 1.24 bits per heavy atom. The molecule has 0 unspecified atom stereocenters. The molecule has 0 amide bonds. The van der Waals surface area contributed by atoms with Crippen LogP contribution >= 0.6 is 22.6 Å². The minimum absolute atomic E-state index is 0.0355. The molecule has 0 radical (unpaired) electrons. The van der Waals surface area contributed by atoms with Gasteiger partial charge in [0.05, 0.1) is 23.7 Å². The summed E-state index contributed by atoms with van der Waals surface area (Å²) < 4.78 is 24.0. The lowest BCUT2D eigenvalue weighted by Crippen LogP contribution is -2.41. The summed E-state index contributed by atoms with van der Waals surface area (Å²) in [5.74, 6) is -0.526. The fraction of sp³-hybridized carbons (Fsp3) is 0.625. The van der Waals surface area contributed by atoms with Gasteiger partial charge in [-0.05, 0) is 19.4 Å². The van der Waals surface area contributed by atoms with Gasteiger partial charge in [0.1, 0.15) is 18.3 Å². The molecular weight excluding hydrogens is 383 g/mol. The van der Waals surface area contributed by atoms with Crippen molar-refractivity contribution in [2.75, 3.05) is 13.2 Å². The first kappa shape index (κ1) is 15.7. The van der Waals surface area contributed by atoms with Gasteiger partial charge in [0.15, 0.2) is 5.79 Å². The van der Waals surface area contributed by atoms with Crippen LogP contribution in [0.4, 0.5) is 0 Å². The first-order chi connectivity index (χ1) is 10.1. The van der Waals surface area contributed by atoms with Crippen LogP contribution in [-0.2, 0) is 25.6 Å². The highest BCUT2D eigenvalue weighted by Crippen LogP contribution is 2.33. The predicted molar refractivity (Wildman–Crippen MR) is 87.5 cm³/mol. The molecule has 4 nitrogen and oxygen atoms in total. The molecule has 3 rings (SSSR count). The van der Waals surface area contributed by atoms with Gasteiger partial charge in [-0.1, -0.05) is 52.9 Å². The lowest BCUT2D eigenvalue weighted by atomic mass is 10.1. The topological polar surface area (TPSA) is 36.9 Å². The second kappa shape index (κ2) is 6.50. The molecule has 21 heavy (non-hydrogen) atoms. The van der Waals surface area contributed by atoms with E-state index < -0.39 is 5.79 Å². The summed E-state index contributed by atoms with van der Waals surface area (Å²) in [5.41, 5.74) is 1.18. The fourth-order valence-electron chi connectivity index (χ4n) is 2.76. The minimum Gasteiger partial charge on any atom is -0.371 e. The van der Waals surface area contributed by atoms with Crippen LogP contribution in [0.15, 0.2) is 30.3 Å². The second-order valence-corrected chi connectivity index (χ2v) is 7.54. The number of rotatable bonds is 4. The summed E-state index contributed by atoms with van der Waals surface area (Å²) in [6, 6.07) is 10.2. The van der Waals surface area contributed by atoms with E-state index in [1.54, 1.807) is 0 Å². The van der Waals surface area contributed by atoms with Gasteiger partial charge >= 0.3 is 0 Å². The third-order valence-electron chi connectivity index (χ3n) is 3.81. The summed E-state index contributed by atoms with van der Waals surface area (Å²) in [4.78, 5) is 0. The maximum atomic E-state index is 6.13. The minimum atomic E-state index is -0.526. The largest absolute Gasteiger partial charge is 0.371 e. The Balaban J connectivity index is 1.62. The molecule has 0 aromatic heterocycles. The van der Waals surface area contributed by atoms with Crippen LogP contribution in [0.3, 0.4) is 0 Å². The number of alkyl halides is 1. The molecule has 0 bridgehead atoms. The molecule has 2 saturated heterocycles. The van der Waals surface area contributed by atoms with Crippen LogP contribution in [-0.4, -0.2) is 41.2 Å². The summed E-state index contributed by atoms with van der Waals surface area (Å²) in [6.45, 7) is 5.73. The van der Waals surface area contributed by atoms with Crippen LogP contribution in [0.5, 0.6) is 0 Å². The summed E-state index contributed by atoms with van der Waals surface area (Å²) >= 11 is 2.40. The maximum Gasteiger partial charge on any atom is 0.163 e. The number of hydrogen-bond donors (Lipinski definition) is 0.